The molecule has 1 aromatic carbocycles. The number of nitro benzene ring substituents is 1. The molecular weight excluding hydrogens is 256 g/mol. The summed E-state index contributed by atoms with van der Waals surface area (Å²) < 4.78 is 5.92. The van der Waals surface area contributed by atoms with Crippen LogP contribution in [-0.4, -0.2) is 38.1 Å². The highest BCUT2D eigenvalue weighted by molar-refractivity contribution is 5.84. The van der Waals surface area contributed by atoms with Crippen molar-refractivity contribution in [2.24, 2.45) is 0 Å². The average Bonchev–Trinajstić information content (AvgIpc) is 2.87. The molecule has 0 fully saturated rings. The van der Waals surface area contributed by atoms with Crippen molar-refractivity contribution in [3.05, 3.63) is 40.2 Å². The number of rotatable bonds is 4. The van der Waals surface area contributed by atoms with Crippen LogP contribution in [0.4, 0.5) is 5.69 Å². The van der Waals surface area contributed by atoms with Crippen molar-refractivity contribution < 1.29 is 19.6 Å². The van der Waals surface area contributed by atoms with Gasteiger partial charge in [-0.1, -0.05) is 5.21 Å². The molecule has 1 aromatic heterocycles. The third-order valence-electron chi connectivity index (χ3n) is 2.34. The summed E-state index contributed by atoms with van der Waals surface area (Å²) in [6.07, 6.45) is 1.09. The number of hydrogen-bond donors (Lipinski definition) is 1. The monoisotopic (exact) mass is 264 g/mol. The molecule has 0 radical (unpaired) electrons. The van der Waals surface area contributed by atoms with Crippen LogP contribution in [0.25, 0.3) is 5.69 Å². The van der Waals surface area contributed by atoms with Crippen molar-refractivity contribution >= 4 is 11.7 Å². The van der Waals surface area contributed by atoms with Crippen LogP contribution in [-0.2, 0) is 0 Å². The van der Waals surface area contributed by atoms with Crippen LogP contribution in [0.2, 0.25) is 0 Å². The van der Waals surface area contributed by atoms with Gasteiger partial charge in [0.25, 0.3) is 5.69 Å². The smallest absolute Gasteiger partial charge is 0.358 e. The molecule has 1 N–H and O–H groups in total. The van der Waals surface area contributed by atoms with E-state index in [2.05, 4.69) is 10.3 Å². The fourth-order valence-corrected chi connectivity index (χ4v) is 1.45. The molecule has 0 aliphatic heterocycles. The fourth-order valence-electron chi connectivity index (χ4n) is 1.45. The van der Waals surface area contributed by atoms with Gasteiger partial charge in [0, 0.05) is 0 Å². The van der Waals surface area contributed by atoms with Gasteiger partial charge in [0.1, 0.15) is 11.4 Å². The van der Waals surface area contributed by atoms with Crippen molar-refractivity contribution in [2.75, 3.05) is 7.11 Å². The van der Waals surface area contributed by atoms with E-state index in [0.717, 1.165) is 10.9 Å². The van der Waals surface area contributed by atoms with Crippen LogP contribution in [0.3, 0.4) is 0 Å². The summed E-state index contributed by atoms with van der Waals surface area (Å²) in [5.41, 5.74) is -0.461. The molecule has 0 amide bonds. The highest BCUT2D eigenvalue weighted by Crippen LogP contribution is 2.27. The van der Waals surface area contributed by atoms with E-state index in [0.29, 0.717) is 5.75 Å². The normalized spacial score (nSPS) is 10.2. The second-order valence-corrected chi connectivity index (χ2v) is 3.47. The summed E-state index contributed by atoms with van der Waals surface area (Å²) >= 11 is 0. The summed E-state index contributed by atoms with van der Waals surface area (Å²) in [6.45, 7) is 0. The third kappa shape index (κ3) is 2.34. The standard InChI is InChI=1S/C10H8N4O5/c1-19-6-2-3-8(9(4-6)14(17)18)13-5-7(10(15)16)11-12-13/h2-5H,1H3,(H,15,16). The lowest BCUT2D eigenvalue weighted by atomic mass is 10.2. The Hall–Kier alpha value is -2.97. The number of benzene rings is 1. The second kappa shape index (κ2) is 4.72. The third-order valence-corrected chi connectivity index (χ3v) is 2.34. The lowest BCUT2D eigenvalue weighted by Crippen LogP contribution is -2.01. The number of aromatic carboxylic acids is 1. The molecule has 9 heteroatoms. The molecule has 0 aliphatic carbocycles. The van der Waals surface area contributed by atoms with Crippen molar-refractivity contribution in [1.82, 2.24) is 15.0 Å². The minimum atomic E-state index is -1.26. The lowest BCUT2D eigenvalue weighted by Gasteiger charge is -2.04. The molecule has 2 rings (SSSR count). The second-order valence-electron chi connectivity index (χ2n) is 3.47. The molecule has 0 spiro atoms. The number of aromatic nitrogens is 3. The van der Waals surface area contributed by atoms with Gasteiger partial charge in [-0.25, -0.2) is 9.48 Å². The zero-order chi connectivity index (χ0) is 14.0. The van der Waals surface area contributed by atoms with Gasteiger partial charge in [-0.15, -0.1) is 5.10 Å². The number of carboxylic acid groups (broad SMARTS) is 1. The van der Waals surface area contributed by atoms with Crippen molar-refractivity contribution in [2.45, 2.75) is 0 Å². The van der Waals surface area contributed by atoms with Crippen LogP contribution < -0.4 is 4.74 Å². The van der Waals surface area contributed by atoms with Crippen molar-refractivity contribution in [1.29, 1.82) is 0 Å². The van der Waals surface area contributed by atoms with Crippen LogP contribution in [0.1, 0.15) is 10.5 Å². The SMILES string of the molecule is COc1ccc(-n2cc(C(=O)O)nn2)c([N+](=O)[O-])c1. The first-order chi connectivity index (χ1) is 9.02. The molecule has 1 heterocycles. The summed E-state index contributed by atoms with van der Waals surface area (Å²) in [5.74, 6) is -0.948. The zero-order valence-corrected chi connectivity index (χ0v) is 9.68. The lowest BCUT2D eigenvalue weighted by molar-refractivity contribution is -0.384. The molecule has 0 bridgehead atoms. The van der Waals surface area contributed by atoms with Gasteiger partial charge in [0.05, 0.1) is 24.3 Å². The summed E-state index contributed by atoms with van der Waals surface area (Å²) in [6, 6.07) is 4.12. The van der Waals surface area contributed by atoms with Gasteiger partial charge in [-0.3, -0.25) is 10.1 Å². The Labute approximate surface area is 106 Å². The van der Waals surface area contributed by atoms with E-state index in [4.69, 9.17) is 9.84 Å². The van der Waals surface area contributed by atoms with Crippen LogP contribution in [0, 0.1) is 10.1 Å². The molecular formula is C10H8N4O5. The molecule has 0 aliphatic rings. The number of nitro groups is 1. The maximum atomic E-state index is 11.0. The topological polar surface area (TPSA) is 120 Å². The van der Waals surface area contributed by atoms with Gasteiger partial charge in [0.2, 0.25) is 0 Å². The summed E-state index contributed by atoms with van der Waals surface area (Å²) in [7, 11) is 1.39. The summed E-state index contributed by atoms with van der Waals surface area (Å²) in [5, 5.41) is 26.7. The van der Waals surface area contributed by atoms with Gasteiger partial charge in [0.15, 0.2) is 5.69 Å². The molecule has 9 nitrogen and oxygen atoms in total. The molecule has 2 aromatic rings. The molecule has 0 saturated heterocycles. The highest BCUT2D eigenvalue weighted by atomic mass is 16.6. The Morgan fingerprint density at radius 2 is 2.26 bits per heavy atom. The largest absolute Gasteiger partial charge is 0.496 e. The maximum absolute atomic E-state index is 11.0. The number of nitrogens with zero attached hydrogens (tertiary/aromatic N) is 4. The zero-order valence-electron chi connectivity index (χ0n) is 9.68. The Morgan fingerprint density at radius 1 is 1.53 bits per heavy atom. The van der Waals surface area contributed by atoms with E-state index in [9.17, 15) is 14.9 Å². The van der Waals surface area contributed by atoms with Crippen molar-refractivity contribution in [3.63, 3.8) is 0 Å². The number of hydrogen-bond acceptors (Lipinski definition) is 6. The maximum Gasteiger partial charge on any atom is 0.358 e. The van der Waals surface area contributed by atoms with Crippen LogP contribution in [0.15, 0.2) is 24.4 Å². The summed E-state index contributed by atoms with van der Waals surface area (Å²) in [4.78, 5) is 21.1. The quantitative estimate of drug-likeness (QED) is 0.642. The van der Waals surface area contributed by atoms with E-state index in [1.54, 1.807) is 0 Å². The van der Waals surface area contributed by atoms with Crippen LogP contribution in [0.5, 0.6) is 5.75 Å². The highest BCUT2D eigenvalue weighted by Gasteiger charge is 2.19. The average molecular weight is 264 g/mol. The Kier molecular flexibility index (Phi) is 3.10. The number of ether oxygens (including phenoxy) is 1. The molecule has 0 unspecified atom stereocenters. The number of carboxylic acids is 1. The Bertz CT molecular complexity index is 651. The van der Waals surface area contributed by atoms with Gasteiger partial charge >= 0.3 is 5.97 Å². The van der Waals surface area contributed by atoms with E-state index >= 15 is 0 Å². The minimum Gasteiger partial charge on any atom is -0.496 e. The number of methoxy groups -OCH3 is 1. The number of carbonyl (C=O) groups is 1. The van der Waals surface area contributed by atoms with Gasteiger partial charge in [-0.2, -0.15) is 0 Å². The fraction of sp³-hybridized carbons (Fsp3) is 0.100. The van der Waals surface area contributed by atoms with Crippen LogP contribution >= 0.6 is 0 Å². The van der Waals surface area contributed by atoms with E-state index < -0.39 is 10.9 Å². The first-order valence-corrected chi connectivity index (χ1v) is 5.01. The van der Waals surface area contributed by atoms with Gasteiger partial charge < -0.3 is 9.84 Å². The molecule has 98 valence electrons. The van der Waals surface area contributed by atoms with Crippen molar-refractivity contribution in [3.8, 4) is 11.4 Å². The molecule has 19 heavy (non-hydrogen) atoms. The first kappa shape index (κ1) is 12.5. The molecule has 0 atom stereocenters. The Morgan fingerprint density at radius 3 is 2.79 bits per heavy atom. The first-order valence-electron chi connectivity index (χ1n) is 5.01. The van der Waals surface area contributed by atoms with Gasteiger partial charge in [-0.05, 0) is 12.1 Å². The predicted octanol–water partition coefficient (Wildman–Crippen LogP) is 0.882. The van der Waals surface area contributed by atoms with E-state index in [-0.39, 0.29) is 17.1 Å². The minimum absolute atomic E-state index is 0.103. The van der Waals surface area contributed by atoms with E-state index in [1.165, 1.54) is 25.3 Å². The predicted molar refractivity (Wildman–Crippen MR) is 61.5 cm³/mol. The molecule has 0 saturated carbocycles. The Balaban J connectivity index is 2.54. The van der Waals surface area contributed by atoms with E-state index in [1.807, 2.05) is 0 Å².